The molecular weight excluding hydrogens is 464 g/mol. The van der Waals surface area contributed by atoms with Crippen LogP contribution in [-0.4, -0.2) is 39.6 Å². The smallest absolute Gasteiger partial charge is 0.182 e. The fraction of sp³-hybridized carbons (Fsp3) is 0. The van der Waals surface area contributed by atoms with Crippen LogP contribution < -0.4 is 0 Å². The quantitative estimate of drug-likeness (QED) is 0.339. The molecule has 0 aliphatic heterocycles. The number of rotatable bonds is 4. The molecule has 0 N–H and O–H groups in total. The van der Waals surface area contributed by atoms with Crippen LogP contribution in [0.25, 0.3) is 53.8 Å². The van der Waals surface area contributed by atoms with Gasteiger partial charge in [0, 0.05) is 22.3 Å². The lowest BCUT2D eigenvalue weighted by Gasteiger charge is -1.99. The van der Waals surface area contributed by atoms with Gasteiger partial charge >= 0.3 is 0 Å². The normalized spacial score (nSPS) is 11.5. The molecule has 0 bridgehead atoms. The first-order valence-corrected chi connectivity index (χ1v) is 12.1. The molecule has 3 aromatic carbocycles. The van der Waals surface area contributed by atoms with Gasteiger partial charge in [0.25, 0.3) is 0 Å². The zero-order chi connectivity index (χ0) is 22.5. The summed E-state index contributed by atoms with van der Waals surface area (Å²) < 4.78 is 3.61. The summed E-state index contributed by atoms with van der Waals surface area (Å²) in [4.78, 5) is 1.53. The molecule has 4 heterocycles. The first-order chi connectivity index (χ1) is 16.8. The van der Waals surface area contributed by atoms with Crippen molar-refractivity contribution in [1.29, 1.82) is 0 Å². The molecule has 0 atom stereocenters. The maximum atomic E-state index is 4.77. The summed E-state index contributed by atoms with van der Waals surface area (Å²) in [6, 6.07) is 28.2. The lowest BCUT2D eigenvalue weighted by Crippen LogP contribution is -1.91. The Labute approximate surface area is 200 Å². The summed E-state index contributed by atoms with van der Waals surface area (Å²) >= 11 is 3.03. The molecule has 0 aliphatic rings. The summed E-state index contributed by atoms with van der Waals surface area (Å²) in [6.07, 6.45) is 0. The Morgan fingerprint density at radius 3 is 1.26 bits per heavy atom. The van der Waals surface area contributed by atoms with Gasteiger partial charge in [0.2, 0.25) is 9.92 Å². The second-order valence-electron chi connectivity index (χ2n) is 7.56. The first-order valence-electron chi connectivity index (χ1n) is 10.5. The molecule has 0 amide bonds. The minimum absolute atomic E-state index is 0.740. The van der Waals surface area contributed by atoms with Crippen LogP contribution in [0, 0.1) is 0 Å². The molecule has 8 nitrogen and oxygen atoms in total. The first kappa shape index (κ1) is 19.2. The van der Waals surface area contributed by atoms with E-state index in [1.54, 1.807) is 9.03 Å². The Balaban J connectivity index is 1.22. The van der Waals surface area contributed by atoms with E-state index in [4.69, 9.17) is 10.2 Å². The Kier molecular flexibility index (Phi) is 4.32. The molecule has 0 unspecified atom stereocenters. The summed E-state index contributed by atoms with van der Waals surface area (Å²) in [5.41, 5.74) is 4.01. The van der Waals surface area contributed by atoms with Crippen molar-refractivity contribution in [1.82, 2.24) is 39.6 Å². The van der Waals surface area contributed by atoms with Gasteiger partial charge in [-0.25, -0.2) is 0 Å². The van der Waals surface area contributed by atoms with Crippen molar-refractivity contribution in [3.8, 4) is 43.9 Å². The topological polar surface area (TPSA) is 86.2 Å². The number of hydrogen-bond donors (Lipinski definition) is 0. The van der Waals surface area contributed by atoms with E-state index in [0.29, 0.717) is 0 Å². The fourth-order valence-corrected chi connectivity index (χ4v) is 5.45. The lowest BCUT2D eigenvalue weighted by molar-refractivity contribution is 0.969. The molecule has 7 rings (SSSR count). The second kappa shape index (κ2) is 7.65. The zero-order valence-electron chi connectivity index (χ0n) is 17.5. The monoisotopic (exact) mass is 478 g/mol. The molecular formula is C24H14N8S2. The molecule has 10 heteroatoms. The van der Waals surface area contributed by atoms with Crippen LogP contribution in [-0.2, 0) is 0 Å². The summed E-state index contributed by atoms with van der Waals surface area (Å²) in [5, 5.41) is 28.5. The molecule has 162 valence electrons. The van der Waals surface area contributed by atoms with Crippen molar-refractivity contribution >= 4 is 32.6 Å². The molecule has 0 spiro atoms. The predicted octanol–water partition coefficient (Wildman–Crippen LogP) is 5.35. The van der Waals surface area contributed by atoms with Crippen molar-refractivity contribution in [2.45, 2.75) is 0 Å². The minimum atomic E-state index is 0.740. The van der Waals surface area contributed by atoms with E-state index >= 15 is 0 Å². The number of benzene rings is 3. The van der Waals surface area contributed by atoms with Crippen LogP contribution in [0.3, 0.4) is 0 Å². The van der Waals surface area contributed by atoms with Crippen LogP contribution in [0.5, 0.6) is 0 Å². The molecule has 0 fully saturated rings. The van der Waals surface area contributed by atoms with E-state index in [1.165, 1.54) is 22.7 Å². The zero-order valence-corrected chi connectivity index (χ0v) is 19.1. The van der Waals surface area contributed by atoms with E-state index in [2.05, 4.69) is 44.7 Å². The molecule has 4 aromatic heterocycles. The second-order valence-corrected chi connectivity index (χ2v) is 9.47. The lowest BCUT2D eigenvalue weighted by atomic mass is 10.1. The van der Waals surface area contributed by atoms with Gasteiger partial charge < -0.3 is 0 Å². The fourth-order valence-electron chi connectivity index (χ4n) is 3.76. The average molecular weight is 479 g/mol. The van der Waals surface area contributed by atoms with Crippen LogP contribution >= 0.6 is 22.7 Å². The van der Waals surface area contributed by atoms with Crippen molar-refractivity contribution < 1.29 is 0 Å². The molecule has 7 aromatic rings. The molecule has 0 saturated carbocycles. The highest BCUT2D eigenvalue weighted by molar-refractivity contribution is 7.20. The summed E-state index contributed by atoms with van der Waals surface area (Å²) in [5.74, 6) is 1.48. The van der Waals surface area contributed by atoms with Crippen LogP contribution in [0.1, 0.15) is 0 Å². The Bertz CT molecular complexity index is 1610. The van der Waals surface area contributed by atoms with Gasteiger partial charge in [-0.1, -0.05) is 108 Å². The van der Waals surface area contributed by atoms with Gasteiger partial charge in [0.1, 0.15) is 10.0 Å². The Morgan fingerprint density at radius 1 is 0.441 bits per heavy atom. The van der Waals surface area contributed by atoms with E-state index in [9.17, 15) is 0 Å². The van der Waals surface area contributed by atoms with Crippen LogP contribution in [0.15, 0.2) is 84.9 Å². The molecule has 0 saturated heterocycles. The van der Waals surface area contributed by atoms with Crippen molar-refractivity contribution in [2.75, 3.05) is 0 Å². The van der Waals surface area contributed by atoms with Crippen molar-refractivity contribution in [3.63, 3.8) is 0 Å². The van der Waals surface area contributed by atoms with E-state index in [-0.39, 0.29) is 0 Å². The SMILES string of the molecule is c1ccc(-c2nnc3sc(-c4ccc(-c5nn6c(-c7ccccc7)nnc6s5)cc4)nn23)cc1. The molecule has 0 aliphatic carbocycles. The van der Waals surface area contributed by atoms with Gasteiger partial charge in [-0.3, -0.25) is 0 Å². The van der Waals surface area contributed by atoms with Gasteiger partial charge in [-0.15, -0.1) is 20.4 Å². The van der Waals surface area contributed by atoms with Gasteiger partial charge in [-0.2, -0.15) is 19.2 Å². The number of nitrogens with zero attached hydrogens (tertiary/aromatic N) is 8. The van der Waals surface area contributed by atoms with Crippen LogP contribution in [0.4, 0.5) is 0 Å². The standard InChI is InChI=1S/C24H14N8S2/c1-3-7-15(8-4-1)19-25-27-23-31(19)29-21(33-23)17-11-13-18(14-12-17)22-30-32-20(26-28-24(32)34-22)16-9-5-2-6-10-16/h1-14H. The highest BCUT2D eigenvalue weighted by atomic mass is 32.1. The largest absolute Gasteiger partial charge is 0.235 e. The van der Waals surface area contributed by atoms with E-state index in [0.717, 1.165) is 53.8 Å². The van der Waals surface area contributed by atoms with Crippen molar-refractivity contribution in [3.05, 3.63) is 84.9 Å². The maximum Gasteiger partial charge on any atom is 0.235 e. The van der Waals surface area contributed by atoms with Crippen LogP contribution in [0.2, 0.25) is 0 Å². The third kappa shape index (κ3) is 3.11. The number of hydrogen-bond acceptors (Lipinski definition) is 8. The Morgan fingerprint density at radius 2 is 0.853 bits per heavy atom. The summed E-state index contributed by atoms with van der Waals surface area (Å²) in [7, 11) is 0. The van der Waals surface area contributed by atoms with E-state index in [1.807, 2.05) is 60.7 Å². The van der Waals surface area contributed by atoms with Crippen molar-refractivity contribution in [2.24, 2.45) is 0 Å². The summed E-state index contributed by atoms with van der Waals surface area (Å²) in [6.45, 7) is 0. The average Bonchev–Trinajstić information content (AvgIpc) is 3.66. The highest BCUT2D eigenvalue weighted by Crippen LogP contribution is 2.32. The Hall–Kier alpha value is -4.28. The maximum absolute atomic E-state index is 4.77. The molecule has 34 heavy (non-hydrogen) atoms. The third-order valence-electron chi connectivity index (χ3n) is 5.42. The highest BCUT2D eigenvalue weighted by Gasteiger charge is 2.16. The van der Waals surface area contributed by atoms with Gasteiger partial charge in [0.15, 0.2) is 11.6 Å². The molecule has 0 radical (unpaired) electrons. The van der Waals surface area contributed by atoms with Gasteiger partial charge in [0.05, 0.1) is 0 Å². The van der Waals surface area contributed by atoms with Gasteiger partial charge in [-0.05, 0) is 0 Å². The van der Waals surface area contributed by atoms with E-state index < -0.39 is 0 Å². The predicted molar refractivity (Wildman–Crippen MR) is 133 cm³/mol. The third-order valence-corrected chi connectivity index (χ3v) is 7.32. The minimum Gasteiger partial charge on any atom is -0.182 e. The number of fused-ring (bicyclic) bond motifs is 2. The number of aromatic nitrogens is 8.